The molecule has 0 aliphatic heterocycles. The molecule has 0 atom stereocenters. The molecule has 0 saturated carbocycles. The van der Waals surface area contributed by atoms with Crippen LogP contribution in [-0.4, -0.2) is 9.55 Å². The first-order chi connectivity index (χ1) is 9.31. The van der Waals surface area contributed by atoms with E-state index in [-0.39, 0.29) is 5.82 Å². The predicted octanol–water partition coefficient (Wildman–Crippen LogP) is 3.54. The van der Waals surface area contributed by atoms with Gasteiger partial charge in [0.2, 0.25) is 0 Å². The Morgan fingerprint density at radius 3 is 2.47 bits per heavy atom. The highest BCUT2D eigenvalue weighted by Crippen LogP contribution is 2.17. The van der Waals surface area contributed by atoms with Crippen molar-refractivity contribution in [2.75, 3.05) is 0 Å². The van der Waals surface area contributed by atoms with Crippen molar-refractivity contribution in [2.45, 2.75) is 6.54 Å². The summed E-state index contributed by atoms with van der Waals surface area (Å²) in [5.41, 5.74) is 2.89. The number of hydrogen-bond donors (Lipinski definition) is 0. The Morgan fingerprint density at radius 1 is 1.00 bits per heavy atom. The molecule has 0 aliphatic rings. The topological polar surface area (TPSA) is 17.8 Å². The van der Waals surface area contributed by atoms with Gasteiger partial charge in [-0.1, -0.05) is 30.3 Å². The minimum absolute atomic E-state index is 0.239. The van der Waals surface area contributed by atoms with Crippen molar-refractivity contribution in [3.63, 3.8) is 0 Å². The van der Waals surface area contributed by atoms with E-state index in [9.17, 15) is 4.39 Å². The Kier molecular flexibility index (Phi) is 3.11. The smallest absolute Gasteiger partial charge is 0.177 e. The maximum Gasteiger partial charge on any atom is 0.177 e. The summed E-state index contributed by atoms with van der Waals surface area (Å²) >= 11 is 0. The lowest BCUT2D eigenvalue weighted by Gasteiger charge is -2.00. The van der Waals surface area contributed by atoms with Gasteiger partial charge in [-0.2, -0.15) is 0 Å². The van der Waals surface area contributed by atoms with Gasteiger partial charge in [0, 0.05) is 18.3 Å². The van der Waals surface area contributed by atoms with E-state index in [1.54, 1.807) is 12.1 Å². The highest BCUT2D eigenvalue weighted by Gasteiger charge is 2.03. The molecule has 2 aromatic carbocycles. The summed E-state index contributed by atoms with van der Waals surface area (Å²) in [5.74, 6) is -0.239. The molecule has 0 N–H and O–H groups in total. The summed E-state index contributed by atoms with van der Waals surface area (Å²) in [6.45, 7) is 0.731. The number of nitrogens with zero attached hydrogens (tertiary/aromatic N) is 2. The third-order valence-electron chi connectivity index (χ3n) is 2.91. The molecule has 2 nitrogen and oxygen atoms in total. The summed E-state index contributed by atoms with van der Waals surface area (Å²) in [6, 6.07) is 16.4. The maximum absolute atomic E-state index is 12.9. The largest absolute Gasteiger partial charge is 0.323 e. The Morgan fingerprint density at radius 2 is 1.74 bits per heavy atom. The molecule has 0 unspecified atom stereocenters. The van der Waals surface area contributed by atoms with Gasteiger partial charge in [-0.25, -0.2) is 9.37 Å². The minimum Gasteiger partial charge on any atom is -0.323 e. The standard InChI is InChI=1S/C16H12FN2/c17-15-8-6-14(7-9-15)16-11-19(12-18-16)10-13-4-2-1-3-5-13/h1-9,11H,10H2. The van der Waals surface area contributed by atoms with Gasteiger partial charge >= 0.3 is 0 Å². The van der Waals surface area contributed by atoms with Crippen LogP contribution in [0.3, 0.4) is 0 Å². The fourth-order valence-electron chi connectivity index (χ4n) is 1.94. The van der Waals surface area contributed by atoms with Crippen molar-refractivity contribution >= 4 is 0 Å². The molecule has 1 radical (unpaired) electrons. The number of halogens is 1. The molecular formula is C16H12FN2. The van der Waals surface area contributed by atoms with Gasteiger partial charge in [-0.15, -0.1) is 0 Å². The van der Waals surface area contributed by atoms with E-state index in [4.69, 9.17) is 0 Å². The van der Waals surface area contributed by atoms with E-state index in [0.717, 1.165) is 17.8 Å². The van der Waals surface area contributed by atoms with Crippen LogP contribution in [0.25, 0.3) is 11.3 Å². The van der Waals surface area contributed by atoms with Gasteiger partial charge in [-0.3, -0.25) is 0 Å². The van der Waals surface area contributed by atoms with Crippen LogP contribution in [0.2, 0.25) is 0 Å². The van der Waals surface area contributed by atoms with Crippen LogP contribution in [0.5, 0.6) is 0 Å². The van der Waals surface area contributed by atoms with Crippen LogP contribution in [0.15, 0.2) is 60.8 Å². The van der Waals surface area contributed by atoms with Crippen molar-refractivity contribution in [2.24, 2.45) is 0 Å². The summed E-state index contributed by atoms with van der Waals surface area (Å²) in [6.07, 6.45) is 4.86. The summed E-state index contributed by atoms with van der Waals surface area (Å²) in [7, 11) is 0. The molecule has 0 bridgehead atoms. The molecule has 1 aromatic heterocycles. The lowest BCUT2D eigenvalue weighted by atomic mass is 10.2. The zero-order valence-electron chi connectivity index (χ0n) is 10.3. The number of aromatic nitrogens is 2. The fourth-order valence-corrected chi connectivity index (χ4v) is 1.94. The molecule has 0 saturated heterocycles. The number of benzene rings is 2. The summed E-state index contributed by atoms with van der Waals surface area (Å²) < 4.78 is 14.8. The third kappa shape index (κ3) is 2.71. The normalized spacial score (nSPS) is 10.6. The van der Waals surface area contributed by atoms with Crippen molar-refractivity contribution in [3.8, 4) is 11.3 Å². The quantitative estimate of drug-likeness (QED) is 0.696. The summed E-state index contributed by atoms with van der Waals surface area (Å²) in [4.78, 5) is 4.23. The Bertz CT molecular complexity index is 657. The highest BCUT2D eigenvalue weighted by molar-refractivity contribution is 5.57. The lowest BCUT2D eigenvalue weighted by molar-refractivity contribution is 0.628. The number of hydrogen-bond acceptors (Lipinski definition) is 1. The van der Waals surface area contributed by atoms with Crippen LogP contribution >= 0.6 is 0 Å². The highest BCUT2D eigenvalue weighted by atomic mass is 19.1. The van der Waals surface area contributed by atoms with E-state index in [1.807, 2.05) is 29.0 Å². The zero-order valence-corrected chi connectivity index (χ0v) is 10.3. The van der Waals surface area contributed by atoms with Crippen molar-refractivity contribution in [1.82, 2.24) is 9.55 Å². The van der Waals surface area contributed by atoms with E-state index in [1.165, 1.54) is 17.7 Å². The molecule has 3 rings (SSSR count). The molecule has 3 aromatic rings. The SMILES string of the molecule is Fc1ccc(-c2cn(Cc3ccccc3)[c]n2)cc1. The first kappa shape index (κ1) is 11.7. The first-order valence-electron chi connectivity index (χ1n) is 6.06. The first-order valence-corrected chi connectivity index (χ1v) is 6.06. The number of imidazole rings is 1. The third-order valence-corrected chi connectivity index (χ3v) is 2.91. The second kappa shape index (κ2) is 5.06. The van der Waals surface area contributed by atoms with Crippen LogP contribution in [0.1, 0.15) is 5.56 Å². The Labute approximate surface area is 111 Å². The molecule has 19 heavy (non-hydrogen) atoms. The molecule has 0 amide bonds. The minimum atomic E-state index is -0.239. The van der Waals surface area contributed by atoms with E-state index in [2.05, 4.69) is 23.4 Å². The van der Waals surface area contributed by atoms with Gasteiger partial charge < -0.3 is 4.57 Å². The van der Waals surface area contributed by atoms with Gasteiger partial charge in [0.25, 0.3) is 0 Å². The van der Waals surface area contributed by atoms with E-state index < -0.39 is 0 Å². The average molecular weight is 251 g/mol. The van der Waals surface area contributed by atoms with Crippen molar-refractivity contribution in [3.05, 3.63) is 78.5 Å². The lowest BCUT2D eigenvalue weighted by Crippen LogP contribution is -1.95. The zero-order chi connectivity index (χ0) is 13.1. The maximum atomic E-state index is 12.9. The molecule has 93 valence electrons. The second-order valence-corrected chi connectivity index (χ2v) is 4.35. The van der Waals surface area contributed by atoms with Crippen molar-refractivity contribution < 1.29 is 4.39 Å². The van der Waals surface area contributed by atoms with Gasteiger partial charge in [-0.05, 0) is 29.8 Å². The Balaban J connectivity index is 1.82. The van der Waals surface area contributed by atoms with Crippen LogP contribution in [0, 0.1) is 12.1 Å². The van der Waals surface area contributed by atoms with Gasteiger partial charge in [0.1, 0.15) is 5.82 Å². The van der Waals surface area contributed by atoms with Gasteiger partial charge in [0.15, 0.2) is 6.33 Å². The van der Waals surface area contributed by atoms with E-state index >= 15 is 0 Å². The van der Waals surface area contributed by atoms with E-state index in [0.29, 0.717) is 0 Å². The van der Waals surface area contributed by atoms with Crippen LogP contribution in [0.4, 0.5) is 4.39 Å². The van der Waals surface area contributed by atoms with Crippen LogP contribution < -0.4 is 0 Å². The molecular weight excluding hydrogens is 239 g/mol. The molecule has 3 heteroatoms. The molecule has 0 spiro atoms. The van der Waals surface area contributed by atoms with Crippen LogP contribution in [-0.2, 0) is 6.54 Å². The van der Waals surface area contributed by atoms with Crippen molar-refractivity contribution in [1.29, 1.82) is 0 Å². The number of rotatable bonds is 3. The molecule has 0 aliphatic carbocycles. The Hall–Kier alpha value is -2.42. The second-order valence-electron chi connectivity index (χ2n) is 4.35. The monoisotopic (exact) mass is 251 g/mol. The molecule has 1 heterocycles. The van der Waals surface area contributed by atoms with Gasteiger partial charge in [0.05, 0.1) is 5.69 Å². The molecule has 0 fully saturated rings. The predicted molar refractivity (Wildman–Crippen MR) is 72.0 cm³/mol. The fraction of sp³-hybridized carbons (Fsp3) is 0.0625. The average Bonchev–Trinajstić information content (AvgIpc) is 2.89. The summed E-state index contributed by atoms with van der Waals surface area (Å²) in [5, 5.41) is 0.